The maximum atomic E-state index is 6.14. The molecule has 4 nitrogen and oxygen atoms in total. The van der Waals surface area contributed by atoms with Crippen LogP contribution in [0.3, 0.4) is 0 Å². The molecule has 21 heavy (non-hydrogen) atoms. The van der Waals surface area contributed by atoms with E-state index in [-0.39, 0.29) is 11.7 Å². The molecule has 0 bridgehead atoms. The van der Waals surface area contributed by atoms with Crippen LogP contribution in [0.1, 0.15) is 25.7 Å². The third-order valence-corrected chi connectivity index (χ3v) is 5.34. The fraction of sp³-hybridized carbons (Fsp3) is 0.625. The second-order valence-corrected chi connectivity index (χ2v) is 7.01. The number of hydrogen-bond acceptors (Lipinski definition) is 5. The summed E-state index contributed by atoms with van der Waals surface area (Å²) < 4.78 is 17.4. The monoisotopic (exact) mass is 309 g/mol. The minimum atomic E-state index is 0.0478. The van der Waals surface area contributed by atoms with E-state index in [4.69, 9.17) is 19.9 Å². The molecule has 1 aromatic rings. The Labute approximate surface area is 130 Å². The van der Waals surface area contributed by atoms with Crippen molar-refractivity contribution in [1.82, 2.24) is 0 Å². The summed E-state index contributed by atoms with van der Waals surface area (Å²) in [5.41, 5.74) is 6.61. The number of nitrogen functional groups attached to an aromatic ring is 1. The van der Waals surface area contributed by atoms with Crippen molar-refractivity contribution in [2.24, 2.45) is 0 Å². The third kappa shape index (κ3) is 3.40. The zero-order valence-electron chi connectivity index (χ0n) is 12.5. The fourth-order valence-electron chi connectivity index (χ4n) is 3.15. The number of hydrogen-bond donors (Lipinski definition) is 1. The Morgan fingerprint density at radius 3 is 2.86 bits per heavy atom. The van der Waals surface area contributed by atoms with Gasteiger partial charge in [0.1, 0.15) is 17.6 Å². The lowest BCUT2D eigenvalue weighted by Gasteiger charge is -2.43. The molecule has 2 fully saturated rings. The molecule has 0 aromatic heterocycles. The van der Waals surface area contributed by atoms with Gasteiger partial charge >= 0.3 is 0 Å². The second-order valence-electron chi connectivity index (χ2n) is 5.78. The van der Waals surface area contributed by atoms with Crippen molar-refractivity contribution in [2.45, 2.75) is 37.4 Å². The van der Waals surface area contributed by atoms with Crippen molar-refractivity contribution in [1.29, 1.82) is 0 Å². The van der Waals surface area contributed by atoms with Gasteiger partial charge in [-0.15, -0.1) is 0 Å². The zero-order chi connectivity index (χ0) is 14.7. The van der Waals surface area contributed by atoms with Crippen molar-refractivity contribution in [3.63, 3.8) is 0 Å². The molecule has 2 N–H and O–H groups in total. The molecule has 1 aromatic carbocycles. The number of ether oxygens (including phenoxy) is 3. The molecule has 2 heterocycles. The van der Waals surface area contributed by atoms with Gasteiger partial charge in [-0.1, -0.05) is 0 Å². The van der Waals surface area contributed by atoms with Gasteiger partial charge in [-0.05, 0) is 36.5 Å². The van der Waals surface area contributed by atoms with Crippen LogP contribution in [0.25, 0.3) is 0 Å². The van der Waals surface area contributed by atoms with Crippen molar-refractivity contribution >= 4 is 17.4 Å². The van der Waals surface area contributed by atoms with Crippen LogP contribution < -0.4 is 15.2 Å². The van der Waals surface area contributed by atoms with E-state index in [1.807, 2.05) is 30.0 Å². The van der Waals surface area contributed by atoms with Gasteiger partial charge in [-0.2, -0.15) is 11.8 Å². The van der Waals surface area contributed by atoms with E-state index in [9.17, 15) is 0 Å². The van der Waals surface area contributed by atoms with Gasteiger partial charge in [0.15, 0.2) is 0 Å². The van der Waals surface area contributed by atoms with Crippen LogP contribution in [0.15, 0.2) is 18.2 Å². The number of methoxy groups -OCH3 is 1. The molecular formula is C16H23NO3S. The summed E-state index contributed by atoms with van der Waals surface area (Å²) in [5, 5.41) is 0. The minimum Gasteiger partial charge on any atom is -0.495 e. The van der Waals surface area contributed by atoms with Crippen LogP contribution >= 0.6 is 11.8 Å². The van der Waals surface area contributed by atoms with E-state index >= 15 is 0 Å². The summed E-state index contributed by atoms with van der Waals surface area (Å²) >= 11 is 2.02. The van der Waals surface area contributed by atoms with Crippen LogP contribution in [0.2, 0.25) is 0 Å². The standard InChI is InChI=1S/C16H23NO3S/c1-18-15-3-2-12(10-14(15)17)20-13-4-7-19-16(11-13)5-8-21-9-6-16/h2-3,10,13H,4-9,11,17H2,1H3. The van der Waals surface area contributed by atoms with Gasteiger partial charge in [0.25, 0.3) is 0 Å². The van der Waals surface area contributed by atoms with Crippen LogP contribution in [-0.4, -0.2) is 36.9 Å². The molecule has 5 heteroatoms. The Kier molecular flexibility index (Phi) is 4.50. The Morgan fingerprint density at radius 2 is 2.14 bits per heavy atom. The highest BCUT2D eigenvalue weighted by Crippen LogP contribution is 2.39. The normalized spacial score (nSPS) is 24.7. The van der Waals surface area contributed by atoms with Crippen molar-refractivity contribution in [3.05, 3.63) is 18.2 Å². The zero-order valence-corrected chi connectivity index (χ0v) is 13.3. The van der Waals surface area contributed by atoms with E-state index in [1.165, 1.54) is 11.5 Å². The molecule has 116 valence electrons. The third-order valence-electron chi connectivity index (χ3n) is 4.36. The van der Waals surface area contributed by atoms with E-state index in [0.29, 0.717) is 11.4 Å². The van der Waals surface area contributed by atoms with Crippen LogP contribution in [-0.2, 0) is 4.74 Å². The average Bonchev–Trinajstić information content (AvgIpc) is 2.48. The van der Waals surface area contributed by atoms with Gasteiger partial charge in [0, 0.05) is 18.9 Å². The Balaban J connectivity index is 1.65. The molecule has 2 aliphatic rings. The van der Waals surface area contributed by atoms with E-state index < -0.39 is 0 Å². The van der Waals surface area contributed by atoms with Crippen LogP contribution in [0.5, 0.6) is 11.5 Å². The van der Waals surface area contributed by atoms with Gasteiger partial charge in [-0.3, -0.25) is 0 Å². The molecular weight excluding hydrogens is 286 g/mol. The Hall–Kier alpha value is -1.07. The number of rotatable bonds is 3. The lowest BCUT2D eigenvalue weighted by molar-refractivity contribution is -0.116. The summed E-state index contributed by atoms with van der Waals surface area (Å²) in [7, 11) is 1.62. The average molecular weight is 309 g/mol. The van der Waals surface area contributed by atoms with Gasteiger partial charge < -0.3 is 19.9 Å². The first-order valence-corrected chi connectivity index (χ1v) is 8.68. The summed E-state index contributed by atoms with van der Waals surface area (Å²) in [6.07, 6.45) is 4.43. The first-order chi connectivity index (χ1) is 10.2. The van der Waals surface area contributed by atoms with Gasteiger partial charge in [0.2, 0.25) is 0 Å². The summed E-state index contributed by atoms with van der Waals surface area (Å²) in [6, 6.07) is 5.63. The maximum Gasteiger partial charge on any atom is 0.142 e. The number of nitrogens with two attached hydrogens (primary N) is 1. The first kappa shape index (κ1) is 14.9. The Morgan fingerprint density at radius 1 is 1.33 bits per heavy atom. The van der Waals surface area contributed by atoms with Crippen molar-refractivity contribution in [3.8, 4) is 11.5 Å². The van der Waals surface area contributed by atoms with Gasteiger partial charge in [-0.25, -0.2) is 0 Å². The lowest BCUT2D eigenvalue weighted by atomic mass is 9.86. The molecule has 1 spiro atoms. The molecule has 0 aliphatic carbocycles. The largest absolute Gasteiger partial charge is 0.495 e. The smallest absolute Gasteiger partial charge is 0.142 e. The first-order valence-electron chi connectivity index (χ1n) is 7.53. The molecule has 0 amide bonds. The number of benzene rings is 1. The summed E-state index contributed by atoms with van der Waals surface area (Å²) in [4.78, 5) is 0. The van der Waals surface area contributed by atoms with E-state index in [2.05, 4.69) is 0 Å². The minimum absolute atomic E-state index is 0.0478. The predicted molar refractivity (Wildman–Crippen MR) is 86.3 cm³/mol. The highest BCUT2D eigenvalue weighted by Gasteiger charge is 2.39. The lowest BCUT2D eigenvalue weighted by Crippen LogP contribution is -2.46. The highest BCUT2D eigenvalue weighted by molar-refractivity contribution is 7.99. The van der Waals surface area contributed by atoms with Crippen LogP contribution in [0, 0.1) is 0 Å². The predicted octanol–water partition coefficient (Wildman–Crippen LogP) is 3.10. The second kappa shape index (κ2) is 6.36. The van der Waals surface area contributed by atoms with Crippen molar-refractivity contribution < 1.29 is 14.2 Å². The molecule has 1 unspecified atom stereocenters. The molecule has 2 saturated heterocycles. The topological polar surface area (TPSA) is 53.7 Å². The Bertz CT molecular complexity index is 483. The molecule has 1 atom stereocenters. The molecule has 0 saturated carbocycles. The van der Waals surface area contributed by atoms with Crippen molar-refractivity contribution in [2.75, 3.05) is 31.0 Å². The summed E-state index contributed by atoms with van der Waals surface area (Å²) in [6.45, 7) is 0.793. The number of anilines is 1. The summed E-state index contributed by atoms with van der Waals surface area (Å²) in [5.74, 6) is 3.90. The fourth-order valence-corrected chi connectivity index (χ4v) is 4.39. The van der Waals surface area contributed by atoms with E-state index in [1.54, 1.807) is 7.11 Å². The van der Waals surface area contributed by atoms with Crippen LogP contribution in [0.4, 0.5) is 5.69 Å². The quantitative estimate of drug-likeness (QED) is 0.870. The van der Waals surface area contributed by atoms with E-state index in [0.717, 1.165) is 38.0 Å². The maximum absolute atomic E-state index is 6.14. The molecule has 2 aliphatic heterocycles. The highest BCUT2D eigenvalue weighted by atomic mass is 32.2. The van der Waals surface area contributed by atoms with Gasteiger partial charge in [0.05, 0.1) is 25.0 Å². The molecule has 0 radical (unpaired) electrons. The number of thioether (sulfide) groups is 1. The SMILES string of the molecule is COc1ccc(OC2CCOC3(CCSCC3)C2)cc1N. The molecule has 3 rings (SSSR count).